The molecule has 0 saturated heterocycles. The fourth-order valence-corrected chi connectivity index (χ4v) is 1.62. The lowest BCUT2D eigenvalue weighted by Crippen LogP contribution is -2.44. The molecule has 72 valence electrons. The van der Waals surface area contributed by atoms with Gasteiger partial charge in [-0.05, 0) is 6.42 Å². The lowest BCUT2D eigenvalue weighted by molar-refractivity contribution is -0.144. The maximum absolute atomic E-state index is 10.8. The molecule has 0 radical (unpaired) electrons. The third kappa shape index (κ3) is 1.63. The van der Waals surface area contributed by atoms with E-state index in [0.717, 1.165) is 11.3 Å². The number of aromatic nitrogens is 1. The molecule has 0 bridgehead atoms. The van der Waals surface area contributed by atoms with Crippen molar-refractivity contribution in [3.05, 3.63) is 20.7 Å². The molecule has 1 rings (SSSR count). The summed E-state index contributed by atoms with van der Waals surface area (Å²) >= 11 is 0.910. The largest absolute Gasteiger partial charge is 0.480 e. The molecule has 0 spiro atoms. The van der Waals surface area contributed by atoms with Crippen LogP contribution in [0.2, 0.25) is 0 Å². The highest BCUT2D eigenvalue weighted by Crippen LogP contribution is 2.20. The molecule has 1 unspecified atom stereocenters. The molecule has 1 aromatic heterocycles. The first-order valence-electron chi connectivity index (χ1n) is 3.71. The molecule has 0 amide bonds. The summed E-state index contributed by atoms with van der Waals surface area (Å²) in [6.45, 7) is 1.66. The summed E-state index contributed by atoms with van der Waals surface area (Å²) in [6, 6.07) is 0. The summed E-state index contributed by atoms with van der Waals surface area (Å²) in [7, 11) is 0. The molecule has 0 aromatic carbocycles. The normalized spacial score (nSPS) is 15.2. The smallest absolute Gasteiger partial charge is 0.329 e. The molecule has 5 nitrogen and oxygen atoms in total. The number of nitrogens with two attached hydrogens (primary N) is 1. The van der Waals surface area contributed by atoms with Gasteiger partial charge in [-0.3, -0.25) is 4.79 Å². The van der Waals surface area contributed by atoms with Crippen LogP contribution in [0.1, 0.15) is 19.0 Å². The third-order valence-electron chi connectivity index (χ3n) is 1.94. The van der Waals surface area contributed by atoms with E-state index in [1.165, 1.54) is 5.38 Å². The predicted molar refractivity (Wildman–Crippen MR) is 48.7 cm³/mol. The van der Waals surface area contributed by atoms with E-state index in [0.29, 0.717) is 0 Å². The van der Waals surface area contributed by atoms with E-state index in [1.807, 2.05) is 0 Å². The maximum atomic E-state index is 10.8. The molecule has 0 saturated carbocycles. The summed E-state index contributed by atoms with van der Waals surface area (Å²) < 4.78 is 0. The Bertz CT molecular complexity index is 370. The molecular formula is C7H10N2O3S. The van der Waals surface area contributed by atoms with Gasteiger partial charge in [0, 0.05) is 5.38 Å². The van der Waals surface area contributed by atoms with Gasteiger partial charge in [0.15, 0.2) is 5.54 Å². The van der Waals surface area contributed by atoms with Crippen molar-refractivity contribution in [1.82, 2.24) is 4.98 Å². The summed E-state index contributed by atoms with van der Waals surface area (Å²) in [6.07, 6.45) is 0.231. The van der Waals surface area contributed by atoms with Gasteiger partial charge in [0.25, 0.3) is 0 Å². The number of carbonyl (C=O) groups is 1. The molecule has 0 aliphatic rings. The van der Waals surface area contributed by atoms with Crippen LogP contribution >= 0.6 is 11.3 Å². The second kappa shape index (κ2) is 3.31. The van der Waals surface area contributed by atoms with Gasteiger partial charge in [-0.15, -0.1) is 0 Å². The summed E-state index contributed by atoms with van der Waals surface area (Å²) in [5.74, 6) is -1.14. The van der Waals surface area contributed by atoms with Crippen molar-refractivity contribution in [2.75, 3.05) is 0 Å². The van der Waals surface area contributed by atoms with Crippen LogP contribution in [0, 0.1) is 0 Å². The number of hydrogen-bond acceptors (Lipinski definition) is 4. The average Bonchev–Trinajstić information content (AvgIpc) is 2.50. The van der Waals surface area contributed by atoms with E-state index in [-0.39, 0.29) is 17.0 Å². The Morgan fingerprint density at radius 2 is 2.46 bits per heavy atom. The lowest BCUT2D eigenvalue weighted by atomic mass is 9.95. The Morgan fingerprint density at radius 3 is 2.77 bits per heavy atom. The first kappa shape index (κ1) is 9.94. The van der Waals surface area contributed by atoms with E-state index in [2.05, 4.69) is 4.98 Å². The first-order chi connectivity index (χ1) is 6.00. The van der Waals surface area contributed by atoms with Gasteiger partial charge in [-0.1, -0.05) is 18.3 Å². The summed E-state index contributed by atoms with van der Waals surface area (Å²) in [5, 5.41) is 10.3. The van der Waals surface area contributed by atoms with Gasteiger partial charge in [-0.25, -0.2) is 4.79 Å². The van der Waals surface area contributed by atoms with E-state index in [1.54, 1.807) is 6.92 Å². The van der Waals surface area contributed by atoms with Crippen LogP contribution in [0.25, 0.3) is 0 Å². The van der Waals surface area contributed by atoms with Crippen molar-refractivity contribution in [2.45, 2.75) is 18.9 Å². The van der Waals surface area contributed by atoms with Crippen LogP contribution in [0.4, 0.5) is 0 Å². The number of carboxylic acid groups (broad SMARTS) is 1. The van der Waals surface area contributed by atoms with Crippen molar-refractivity contribution >= 4 is 17.3 Å². The lowest BCUT2D eigenvalue weighted by Gasteiger charge is -2.20. The van der Waals surface area contributed by atoms with E-state index >= 15 is 0 Å². The van der Waals surface area contributed by atoms with E-state index in [4.69, 9.17) is 10.8 Å². The second-order valence-corrected chi connectivity index (χ2v) is 3.53. The van der Waals surface area contributed by atoms with Gasteiger partial charge >= 0.3 is 10.8 Å². The molecule has 1 aromatic rings. The number of nitrogens with one attached hydrogen (secondary N) is 1. The molecule has 0 aliphatic heterocycles. The van der Waals surface area contributed by atoms with Crippen molar-refractivity contribution in [3.63, 3.8) is 0 Å². The number of hydrogen-bond donors (Lipinski definition) is 3. The molecule has 6 heteroatoms. The Hall–Kier alpha value is -1.14. The Labute approximate surface area is 78.2 Å². The van der Waals surface area contributed by atoms with Gasteiger partial charge < -0.3 is 15.8 Å². The molecule has 13 heavy (non-hydrogen) atoms. The minimum absolute atomic E-state index is 0.231. The highest BCUT2D eigenvalue weighted by atomic mass is 32.1. The van der Waals surface area contributed by atoms with Crippen LogP contribution in [-0.4, -0.2) is 16.1 Å². The number of aromatic amines is 1. The summed E-state index contributed by atoms with van der Waals surface area (Å²) in [5.41, 5.74) is 4.40. The zero-order valence-corrected chi connectivity index (χ0v) is 7.85. The summed E-state index contributed by atoms with van der Waals surface area (Å²) in [4.78, 5) is 23.7. The maximum Gasteiger partial charge on any atom is 0.329 e. The monoisotopic (exact) mass is 202 g/mol. The highest BCUT2D eigenvalue weighted by molar-refractivity contribution is 7.07. The Balaban J connectivity index is 3.17. The van der Waals surface area contributed by atoms with Gasteiger partial charge in [0.05, 0.1) is 5.69 Å². The van der Waals surface area contributed by atoms with E-state index < -0.39 is 11.5 Å². The van der Waals surface area contributed by atoms with Gasteiger partial charge in [0.2, 0.25) is 0 Å². The van der Waals surface area contributed by atoms with E-state index in [9.17, 15) is 9.59 Å². The van der Waals surface area contributed by atoms with Gasteiger partial charge in [-0.2, -0.15) is 0 Å². The van der Waals surface area contributed by atoms with Crippen molar-refractivity contribution in [3.8, 4) is 0 Å². The minimum Gasteiger partial charge on any atom is -0.480 e. The number of rotatable bonds is 3. The SMILES string of the molecule is CCC(N)(C(=O)O)c1csc(=O)[nH]1. The number of thiazole rings is 1. The van der Waals surface area contributed by atoms with Crippen LogP contribution in [-0.2, 0) is 10.3 Å². The molecule has 1 atom stereocenters. The first-order valence-corrected chi connectivity index (χ1v) is 4.59. The molecule has 1 heterocycles. The average molecular weight is 202 g/mol. The fourth-order valence-electron chi connectivity index (χ4n) is 0.955. The molecular weight excluding hydrogens is 192 g/mol. The van der Waals surface area contributed by atoms with Crippen molar-refractivity contribution in [1.29, 1.82) is 0 Å². The Kier molecular flexibility index (Phi) is 2.53. The second-order valence-electron chi connectivity index (χ2n) is 2.69. The van der Waals surface area contributed by atoms with Crippen LogP contribution in [0.15, 0.2) is 10.2 Å². The van der Waals surface area contributed by atoms with Crippen molar-refractivity contribution in [2.24, 2.45) is 5.73 Å². The zero-order valence-electron chi connectivity index (χ0n) is 7.03. The zero-order chi connectivity index (χ0) is 10.1. The standard InChI is InChI=1S/C7H10N2O3S/c1-2-7(8,5(10)11)4-3-13-6(12)9-4/h3H,2,8H2,1H3,(H,9,12)(H,10,11). The van der Waals surface area contributed by atoms with Crippen LogP contribution in [0.3, 0.4) is 0 Å². The number of aliphatic carboxylic acids is 1. The minimum atomic E-state index is -1.47. The highest BCUT2D eigenvalue weighted by Gasteiger charge is 2.35. The predicted octanol–water partition coefficient (Wildman–Crippen LogP) is 0.0850. The Morgan fingerprint density at radius 1 is 1.85 bits per heavy atom. The third-order valence-corrected chi connectivity index (χ3v) is 2.61. The topological polar surface area (TPSA) is 96.2 Å². The van der Waals surface area contributed by atoms with Crippen LogP contribution < -0.4 is 10.6 Å². The quantitative estimate of drug-likeness (QED) is 0.647. The van der Waals surface area contributed by atoms with Crippen LogP contribution in [0.5, 0.6) is 0 Å². The molecule has 4 N–H and O–H groups in total. The number of carboxylic acids is 1. The number of H-pyrrole nitrogens is 1. The van der Waals surface area contributed by atoms with Gasteiger partial charge in [0.1, 0.15) is 0 Å². The van der Waals surface area contributed by atoms with Crippen molar-refractivity contribution < 1.29 is 9.90 Å². The molecule has 0 aliphatic carbocycles. The fraction of sp³-hybridized carbons (Fsp3) is 0.429. The molecule has 0 fully saturated rings.